The summed E-state index contributed by atoms with van der Waals surface area (Å²) in [6.07, 6.45) is 0. The number of benzene rings is 2. The monoisotopic (exact) mass is 376 g/mol. The van der Waals surface area contributed by atoms with Crippen LogP contribution in [-0.4, -0.2) is 45.1 Å². The quantitative estimate of drug-likeness (QED) is 0.748. The van der Waals surface area contributed by atoms with Gasteiger partial charge in [-0.3, -0.25) is 9.59 Å². The van der Waals surface area contributed by atoms with E-state index in [4.69, 9.17) is 4.74 Å². The van der Waals surface area contributed by atoms with Gasteiger partial charge in [0.05, 0.1) is 4.90 Å². The minimum atomic E-state index is -3.51. The Kier molecular flexibility index (Phi) is 6.12. The first kappa shape index (κ1) is 19.6. The fourth-order valence-electron chi connectivity index (χ4n) is 2.08. The number of carbonyl (C=O) groups is 2. The first-order chi connectivity index (χ1) is 12.2. The minimum absolute atomic E-state index is 0.0925. The van der Waals surface area contributed by atoms with Crippen molar-refractivity contribution in [3.63, 3.8) is 0 Å². The van der Waals surface area contributed by atoms with E-state index >= 15 is 0 Å². The van der Waals surface area contributed by atoms with Gasteiger partial charge in [-0.05, 0) is 43.3 Å². The molecule has 8 heteroatoms. The standard InChI is InChI=1S/C18H20N2O5S/c1-13(21)14-5-4-6-15(11-14)19-18(22)12-25-16-7-9-17(10-8-16)26(23,24)20(2)3/h4-11H,12H2,1-3H3,(H,19,22). The Morgan fingerprint density at radius 1 is 1.08 bits per heavy atom. The third-order valence-corrected chi connectivity index (χ3v) is 5.35. The van der Waals surface area contributed by atoms with E-state index in [0.29, 0.717) is 17.0 Å². The molecule has 138 valence electrons. The third kappa shape index (κ3) is 4.90. The van der Waals surface area contributed by atoms with E-state index < -0.39 is 15.9 Å². The van der Waals surface area contributed by atoms with Gasteiger partial charge < -0.3 is 10.1 Å². The van der Waals surface area contributed by atoms with Crippen LogP contribution < -0.4 is 10.1 Å². The van der Waals surface area contributed by atoms with Crippen molar-refractivity contribution in [2.45, 2.75) is 11.8 Å². The van der Waals surface area contributed by atoms with Gasteiger partial charge in [0.1, 0.15) is 5.75 Å². The second kappa shape index (κ2) is 8.11. The van der Waals surface area contributed by atoms with E-state index in [-0.39, 0.29) is 17.3 Å². The first-order valence-electron chi connectivity index (χ1n) is 7.76. The average molecular weight is 376 g/mol. The number of hydrogen-bond donors (Lipinski definition) is 1. The lowest BCUT2D eigenvalue weighted by Gasteiger charge is -2.12. The summed E-state index contributed by atoms with van der Waals surface area (Å²) in [4.78, 5) is 23.4. The van der Waals surface area contributed by atoms with Gasteiger partial charge in [0.2, 0.25) is 10.0 Å². The lowest BCUT2D eigenvalue weighted by molar-refractivity contribution is -0.118. The van der Waals surface area contributed by atoms with Crippen LogP contribution >= 0.6 is 0 Å². The molecular formula is C18H20N2O5S. The third-order valence-electron chi connectivity index (χ3n) is 3.53. The maximum Gasteiger partial charge on any atom is 0.262 e. The molecule has 0 aliphatic carbocycles. The number of nitrogens with one attached hydrogen (secondary N) is 1. The van der Waals surface area contributed by atoms with Gasteiger partial charge in [0.25, 0.3) is 5.91 Å². The van der Waals surface area contributed by atoms with Crippen LogP contribution in [0.3, 0.4) is 0 Å². The molecule has 2 rings (SSSR count). The lowest BCUT2D eigenvalue weighted by atomic mass is 10.1. The zero-order chi connectivity index (χ0) is 19.3. The van der Waals surface area contributed by atoms with Crippen LogP contribution in [0.5, 0.6) is 5.75 Å². The number of ether oxygens (including phenoxy) is 1. The van der Waals surface area contributed by atoms with Gasteiger partial charge in [-0.2, -0.15) is 0 Å². The Labute approximate surface area is 152 Å². The second-order valence-electron chi connectivity index (χ2n) is 5.73. The topological polar surface area (TPSA) is 92.8 Å². The molecule has 0 aliphatic heterocycles. The summed E-state index contributed by atoms with van der Waals surface area (Å²) in [6.45, 7) is 1.20. The Balaban J connectivity index is 1.95. The molecule has 0 fully saturated rings. The van der Waals surface area contributed by atoms with Crippen molar-refractivity contribution in [1.29, 1.82) is 0 Å². The highest BCUT2D eigenvalue weighted by Gasteiger charge is 2.16. The molecule has 2 aromatic rings. The molecule has 0 heterocycles. The molecule has 0 aromatic heterocycles. The average Bonchev–Trinajstić information content (AvgIpc) is 2.60. The summed E-state index contributed by atoms with van der Waals surface area (Å²) in [5.74, 6) is -0.115. The summed E-state index contributed by atoms with van der Waals surface area (Å²) in [7, 11) is -0.607. The highest BCUT2D eigenvalue weighted by Crippen LogP contribution is 2.18. The Morgan fingerprint density at radius 2 is 1.73 bits per heavy atom. The van der Waals surface area contributed by atoms with Crippen LogP contribution in [0.2, 0.25) is 0 Å². The smallest absolute Gasteiger partial charge is 0.262 e. The van der Waals surface area contributed by atoms with Crippen molar-refractivity contribution >= 4 is 27.4 Å². The normalized spacial score (nSPS) is 11.2. The number of amides is 1. The van der Waals surface area contributed by atoms with Crippen LogP contribution in [-0.2, 0) is 14.8 Å². The summed E-state index contributed by atoms with van der Waals surface area (Å²) < 4.78 is 30.4. The summed E-state index contributed by atoms with van der Waals surface area (Å²) in [6, 6.07) is 12.4. The SMILES string of the molecule is CC(=O)c1cccc(NC(=O)COc2ccc(S(=O)(=O)N(C)C)cc2)c1. The van der Waals surface area contributed by atoms with Gasteiger partial charge >= 0.3 is 0 Å². The van der Waals surface area contributed by atoms with Crippen LogP contribution in [0.4, 0.5) is 5.69 Å². The predicted molar refractivity (Wildman–Crippen MR) is 97.9 cm³/mol. The van der Waals surface area contributed by atoms with Gasteiger partial charge in [0, 0.05) is 25.3 Å². The Morgan fingerprint density at radius 3 is 2.31 bits per heavy atom. The van der Waals surface area contributed by atoms with Crippen LogP contribution in [0.1, 0.15) is 17.3 Å². The number of anilines is 1. The van der Waals surface area contributed by atoms with E-state index in [9.17, 15) is 18.0 Å². The van der Waals surface area contributed by atoms with Gasteiger partial charge in [-0.25, -0.2) is 12.7 Å². The molecule has 0 bridgehead atoms. The van der Waals surface area contributed by atoms with Gasteiger partial charge in [0.15, 0.2) is 12.4 Å². The summed E-state index contributed by atoms with van der Waals surface area (Å²) in [5, 5.41) is 2.64. The Hall–Kier alpha value is -2.71. The molecule has 1 N–H and O–H groups in total. The van der Waals surface area contributed by atoms with Gasteiger partial charge in [-0.1, -0.05) is 12.1 Å². The molecule has 0 unspecified atom stereocenters. The van der Waals surface area contributed by atoms with Crippen LogP contribution in [0, 0.1) is 0 Å². The maximum atomic E-state index is 12.0. The van der Waals surface area contributed by atoms with E-state index in [2.05, 4.69) is 5.32 Å². The van der Waals surface area contributed by atoms with Crippen LogP contribution in [0.15, 0.2) is 53.4 Å². The zero-order valence-corrected chi connectivity index (χ0v) is 15.5. The van der Waals surface area contributed by atoms with Crippen molar-refractivity contribution in [1.82, 2.24) is 4.31 Å². The molecule has 0 atom stereocenters. The molecule has 1 amide bonds. The molecule has 2 aromatic carbocycles. The number of Topliss-reactive ketones (excluding diaryl/α,β-unsaturated/α-hetero) is 1. The fraction of sp³-hybridized carbons (Fsp3) is 0.222. The molecule has 0 saturated heterocycles. The van der Waals surface area contributed by atoms with Crippen molar-refractivity contribution in [2.75, 3.05) is 26.0 Å². The highest BCUT2D eigenvalue weighted by molar-refractivity contribution is 7.89. The Bertz CT molecular complexity index is 905. The summed E-state index contributed by atoms with van der Waals surface area (Å²) in [5.41, 5.74) is 1.00. The molecule has 0 spiro atoms. The highest BCUT2D eigenvalue weighted by atomic mass is 32.2. The molecule has 7 nitrogen and oxygen atoms in total. The first-order valence-corrected chi connectivity index (χ1v) is 9.20. The molecule has 0 aliphatic rings. The number of rotatable bonds is 7. The largest absolute Gasteiger partial charge is 0.484 e. The van der Waals surface area contributed by atoms with Crippen LogP contribution in [0.25, 0.3) is 0 Å². The van der Waals surface area contributed by atoms with Crippen molar-refractivity contribution in [3.8, 4) is 5.75 Å². The predicted octanol–water partition coefficient (Wildman–Crippen LogP) is 2.16. The number of nitrogens with zero attached hydrogens (tertiary/aromatic N) is 1. The molecular weight excluding hydrogens is 356 g/mol. The molecule has 0 saturated carbocycles. The van der Waals surface area contributed by atoms with E-state index in [1.54, 1.807) is 24.3 Å². The van der Waals surface area contributed by atoms with E-state index in [1.165, 1.54) is 45.3 Å². The summed E-state index contributed by atoms with van der Waals surface area (Å²) >= 11 is 0. The second-order valence-corrected chi connectivity index (χ2v) is 7.88. The van der Waals surface area contributed by atoms with Crippen molar-refractivity contribution in [3.05, 3.63) is 54.1 Å². The zero-order valence-electron chi connectivity index (χ0n) is 14.7. The number of sulfonamides is 1. The van der Waals surface area contributed by atoms with E-state index in [0.717, 1.165) is 4.31 Å². The lowest BCUT2D eigenvalue weighted by Crippen LogP contribution is -2.22. The fourth-order valence-corrected chi connectivity index (χ4v) is 2.98. The maximum absolute atomic E-state index is 12.0. The molecule has 0 radical (unpaired) electrons. The minimum Gasteiger partial charge on any atom is -0.484 e. The van der Waals surface area contributed by atoms with Gasteiger partial charge in [-0.15, -0.1) is 0 Å². The number of carbonyl (C=O) groups excluding carboxylic acids is 2. The number of ketones is 1. The van der Waals surface area contributed by atoms with Crippen molar-refractivity contribution in [2.24, 2.45) is 0 Å². The number of hydrogen-bond acceptors (Lipinski definition) is 5. The molecule has 26 heavy (non-hydrogen) atoms. The van der Waals surface area contributed by atoms with Crippen molar-refractivity contribution < 1.29 is 22.7 Å². The van der Waals surface area contributed by atoms with E-state index in [1.807, 2.05) is 0 Å².